The second kappa shape index (κ2) is 9.51. The number of hydrogen-bond acceptors (Lipinski definition) is 3. The van der Waals surface area contributed by atoms with Gasteiger partial charge in [-0.25, -0.2) is 0 Å². The third-order valence-electron chi connectivity index (χ3n) is 6.50. The fraction of sp³-hybridized carbons (Fsp3) is 0.565. The first kappa shape index (κ1) is 20.7. The quantitative estimate of drug-likeness (QED) is 0.584. The number of nitrogens with one attached hydrogen (secondary N) is 2. The SMILES string of the molecule is CN=C(NCCc1c[nH]c2ccccc12)N1CCN(C(C)C(=O)N2CCCC2)CC1. The number of carbonyl (C=O) groups excluding carboxylic acids is 1. The molecule has 0 saturated carbocycles. The highest BCUT2D eigenvalue weighted by Gasteiger charge is 2.30. The monoisotopic (exact) mass is 410 g/mol. The van der Waals surface area contributed by atoms with Gasteiger partial charge >= 0.3 is 0 Å². The van der Waals surface area contributed by atoms with E-state index in [9.17, 15) is 4.79 Å². The third kappa shape index (κ3) is 4.46. The molecule has 2 fully saturated rings. The maximum absolute atomic E-state index is 12.7. The van der Waals surface area contributed by atoms with Crippen molar-refractivity contribution in [1.82, 2.24) is 25.0 Å². The maximum atomic E-state index is 12.7. The van der Waals surface area contributed by atoms with Gasteiger partial charge in [0.15, 0.2) is 5.96 Å². The second-order valence-corrected chi connectivity index (χ2v) is 8.31. The summed E-state index contributed by atoms with van der Waals surface area (Å²) in [6, 6.07) is 8.39. The summed E-state index contributed by atoms with van der Waals surface area (Å²) in [5, 5.41) is 4.81. The largest absolute Gasteiger partial charge is 0.361 e. The molecule has 3 heterocycles. The minimum Gasteiger partial charge on any atom is -0.361 e. The summed E-state index contributed by atoms with van der Waals surface area (Å²) in [5.41, 5.74) is 2.51. The summed E-state index contributed by atoms with van der Waals surface area (Å²) in [6.07, 6.45) is 5.34. The van der Waals surface area contributed by atoms with Crippen LogP contribution in [0.5, 0.6) is 0 Å². The van der Waals surface area contributed by atoms with E-state index in [0.29, 0.717) is 5.91 Å². The zero-order valence-electron chi connectivity index (χ0n) is 18.2. The van der Waals surface area contributed by atoms with E-state index in [4.69, 9.17) is 0 Å². The van der Waals surface area contributed by atoms with Gasteiger partial charge in [-0.15, -0.1) is 0 Å². The molecule has 7 heteroatoms. The predicted octanol–water partition coefficient (Wildman–Crippen LogP) is 1.91. The van der Waals surface area contributed by atoms with Crippen LogP contribution in [0.2, 0.25) is 0 Å². The Kier molecular flexibility index (Phi) is 6.57. The number of nitrogens with zero attached hydrogens (tertiary/aromatic N) is 4. The second-order valence-electron chi connectivity index (χ2n) is 8.31. The van der Waals surface area contributed by atoms with Crippen LogP contribution in [-0.4, -0.2) is 90.5 Å². The first-order valence-electron chi connectivity index (χ1n) is 11.2. The Hall–Kier alpha value is -2.54. The number of para-hydroxylation sites is 1. The highest BCUT2D eigenvalue weighted by atomic mass is 16.2. The molecule has 2 N–H and O–H groups in total. The molecule has 7 nitrogen and oxygen atoms in total. The molecule has 2 saturated heterocycles. The van der Waals surface area contributed by atoms with E-state index in [1.54, 1.807) is 0 Å². The molecule has 162 valence electrons. The summed E-state index contributed by atoms with van der Waals surface area (Å²) in [5.74, 6) is 1.25. The van der Waals surface area contributed by atoms with Gasteiger partial charge in [0, 0.05) is 70.0 Å². The lowest BCUT2D eigenvalue weighted by atomic mass is 10.1. The van der Waals surface area contributed by atoms with Gasteiger partial charge in [0.2, 0.25) is 5.91 Å². The van der Waals surface area contributed by atoms with E-state index in [1.807, 2.05) is 11.9 Å². The standard InChI is InChI=1S/C23H34N6O/c1-18(22(30)28-11-5-6-12-28)27-13-15-29(16-14-27)23(24-2)25-10-9-19-17-26-21-8-4-3-7-20(19)21/h3-4,7-8,17-18,26H,5-6,9-16H2,1-2H3,(H,24,25). The number of piperazine rings is 1. The van der Waals surface area contributed by atoms with Crippen molar-refractivity contribution in [3.8, 4) is 0 Å². The van der Waals surface area contributed by atoms with Gasteiger partial charge in [0.05, 0.1) is 6.04 Å². The Morgan fingerprint density at radius 2 is 1.83 bits per heavy atom. The number of aromatic amines is 1. The number of rotatable bonds is 5. The Labute approximate surface area is 179 Å². The van der Waals surface area contributed by atoms with Crippen LogP contribution in [0.4, 0.5) is 0 Å². The molecule has 1 amide bonds. The summed E-state index contributed by atoms with van der Waals surface area (Å²) in [6.45, 7) is 8.33. The fourth-order valence-electron chi connectivity index (χ4n) is 4.66. The molecule has 0 bridgehead atoms. The summed E-state index contributed by atoms with van der Waals surface area (Å²) in [7, 11) is 1.85. The topological polar surface area (TPSA) is 67.0 Å². The number of fused-ring (bicyclic) bond motifs is 1. The lowest BCUT2D eigenvalue weighted by molar-refractivity contribution is -0.135. The number of H-pyrrole nitrogens is 1. The van der Waals surface area contributed by atoms with E-state index in [0.717, 1.165) is 71.0 Å². The molecule has 1 unspecified atom stereocenters. The molecular weight excluding hydrogens is 376 g/mol. The van der Waals surface area contributed by atoms with Gasteiger partial charge in [0.1, 0.15) is 0 Å². The van der Waals surface area contributed by atoms with Gasteiger partial charge in [-0.2, -0.15) is 0 Å². The van der Waals surface area contributed by atoms with Crippen molar-refractivity contribution in [2.75, 3.05) is 52.9 Å². The zero-order chi connectivity index (χ0) is 20.9. The summed E-state index contributed by atoms with van der Waals surface area (Å²) >= 11 is 0. The van der Waals surface area contributed by atoms with Crippen LogP contribution < -0.4 is 5.32 Å². The summed E-state index contributed by atoms with van der Waals surface area (Å²) in [4.78, 5) is 27.2. The number of guanidine groups is 1. The zero-order valence-corrected chi connectivity index (χ0v) is 18.2. The van der Waals surface area contributed by atoms with Crippen molar-refractivity contribution < 1.29 is 4.79 Å². The molecule has 0 spiro atoms. The van der Waals surface area contributed by atoms with E-state index >= 15 is 0 Å². The number of likely N-dealkylation sites (tertiary alicyclic amines) is 1. The number of hydrogen-bond donors (Lipinski definition) is 2. The van der Waals surface area contributed by atoms with Crippen LogP contribution in [0.25, 0.3) is 10.9 Å². The van der Waals surface area contributed by atoms with Crippen LogP contribution in [0.15, 0.2) is 35.5 Å². The van der Waals surface area contributed by atoms with Crippen molar-refractivity contribution in [2.45, 2.75) is 32.2 Å². The number of carbonyl (C=O) groups is 1. The van der Waals surface area contributed by atoms with Gasteiger partial charge in [-0.3, -0.25) is 14.7 Å². The highest BCUT2D eigenvalue weighted by molar-refractivity contribution is 5.84. The van der Waals surface area contributed by atoms with E-state index in [1.165, 1.54) is 16.5 Å². The van der Waals surface area contributed by atoms with Crippen LogP contribution in [0.1, 0.15) is 25.3 Å². The van der Waals surface area contributed by atoms with Crippen molar-refractivity contribution in [3.05, 3.63) is 36.0 Å². The average Bonchev–Trinajstić information content (AvgIpc) is 3.46. The Balaban J connectivity index is 1.25. The maximum Gasteiger partial charge on any atom is 0.239 e. The predicted molar refractivity (Wildman–Crippen MR) is 122 cm³/mol. The summed E-state index contributed by atoms with van der Waals surface area (Å²) < 4.78 is 0. The first-order chi connectivity index (χ1) is 14.7. The van der Waals surface area contributed by atoms with Crippen LogP contribution >= 0.6 is 0 Å². The average molecular weight is 411 g/mol. The normalized spacial score (nSPS) is 19.5. The molecule has 0 radical (unpaired) electrons. The van der Waals surface area contributed by atoms with Crippen molar-refractivity contribution >= 4 is 22.8 Å². The van der Waals surface area contributed by atoms with Crippen molar-refractivity contribution in [2.24, 2.45) is 4.99 Å². The lowest BCUT2D eigenvalue weighted by Gasteiger charge is -2.39. The van der Waals surface area contributed by atoms with Crippen LogP contribution in [0, 0.1) is 0 Å². The van der Waals surface area contributed by atoms with E-state index in [-0.39, 0.29) is 6.04 Å². The molecule has 4 rings (SSSR count). The Morgan fingerprint density at radius 1 is 1.10 bits per heavy atom. The highest BCUT2D eigenvalue weighted by Crippen LogP contribution is 2.18. The minimum absolute atomic E-state index is 0.0258. The van der Waals surface area contributed by atoms with Crippen LogP contribution in [0.3, 0.4) is 0 Å². The van der Waals surface area contributed by atoms with Gasteiger partial charge in [0.25, 0.3) is 0 Å². The molecule has 2 aliphatic heterocycles. The minimum atomic E-state index is -0.0258. The molecule has 2 aliphatic rings. The van der Waals surface area contributed by atoms with Gasteiger partial charge in [-0.05, 0) is 37.8 Å². The number of aromatic nitrogens is 1. The van der Waals surface area contributed by atoms with E-state index in [2.05, 4.69) is 62.5 Å². The Morgan fingerprint density at radius 3 is 2.57 bits per heavy atom. The smallest absolute Gasteiger partial charge is 0.239 e. The molecule has 0 aliphatic carbocycles. The molecule has 1 aromatic heterocycles. The Bertz CT molecular complexity index is 877. The van der Waals surface area contributed by atoms with Crippen molar-refractivity contribution in [3.63, 3.8) is 0 Å². The number of benzene rings is 1. The molecule has 2 aromatic rings. The third-order valence-corrected chi connectivity index (χ3v) is 6.50. The van der Waals surface area contributed by atoms with E-state index < -0.39 is 0 Å². The number of aliphatic imine (C=N–C) groups is 1. The van der Waals surface area contributed by atoms with Crippen molar-refractivity contribution in [1.29, 1.82) is 0 Å². The van der Waals surface area contributed by atoms with Crippen LogP contribution in [-0.2, 0) is 11.2 Å². The fourth-order valence-corrected chi connectivity index (χ4v) is 4.66. The molecule has 1 atom stereocenters. The molecule has 30 heavy (non-hydrogen) atoms. The molecular formula is C23H34N6O. The van der Waals surface area contributed by atoms with Gasteiger partial charge < -0.3 is 20.1 Å². The molecule has 1 aromatic carbocycles. The lowest BCUT2D eigenvalue weighted by Crippen LogP contribution is -2.57. The first-order valence-corrected chi connectivity index (χ1v) is 11.2. The number of amides is 1. The van der Waals surface area contributed by atoms with Gasteiger partial charge in [-0.1, -0.05) is 18.2 Å².